The van der Waals surface area contributed by atoms with Crippen molar-refractivity contribution in [3.63, 3.8) is 0 Å². The van der Waals surface area contributed by atoms with Crippen LogP contribution in [0.1, 0.15) is 32.6 Å². The van der Waals surface area contributed by atoms with Crippen LogP contribution in [0.5, 0.6) is 0 Å². The van der Waals surface area contributed by atoms with Gasteiger partial charge in [-0.2, -0.15) is 0 Å². The van der Waals surface area contributed by atoms with E-state index in [1.165, 1.54) is 25.7 Å². The third-order valence-corrected chi connectivity index (χ3v) is 2.73. The van der Waals surface area contributed by atoms with Crippen LogP contribution in [0.4, 0.5) is 0 Å². The number of methoxy groups -OCH3 is 1. The molecule has 0 aromatic rings. The Morgan fingerprint density at radius 2 is 2.00 bits per heavy atom. The molecule has 0 unspecified atom stereocenters. The summed E-state index contributed by atoms with van der Waals surface area (Å²) >= 11 is 0. The lowest BCUT2D eigenvalue weighted by Gasteiger charge is -2.35. The van der Waals surface area contributed by atoms with Gasteiger partial charge in [-0.05, 0) is 31.1 Å². The molecule has 2 N–H and O–H groups in total. The normalized spacial score (nSPS) is 39.0. The van der Waals surface area contributed by atoms with Gasteiger partial charge < -0.3 is 10.5 Å². The maximum Gasteiger partial charge on any atom is 0.0516 e. The molecule has 1 saturated carbocycles. The van der Waals surface area contributed by atoms with Gasteiger partial charge in [-0.15, -0.1) is 0 Å². The molecule has 1 fully saturated rings. The van der Waals surface area contributed by atoms with Crippen LogP contribution >= 0.6 is 0 Å². The summed E-state index contributed by atoms with van der Waals surface area (Å²) in [7, 11) is 1.78. The third kappa shape index (κ3) is 2.46. The molecule has 0 heterocycles. The van der Waals surface area contributed by atoms with Crippen molar-refractivity contribution in [3.8, 4) is 0 Å². The van der Waals surface area contributed by atoms with Crippen molar-refractivity contribution in [2.75, 3.05) is 13.7 Å². The van der Waals surface area contributed by atoms with E-state index >= 15 is 0 Å². The molecule has 0 aromatic heterocycles. The minimum atomic E-state index is 0.407. The highest BCUT2D eigenvalue weighted by Crippen LogP contribution is 2.35. The van der Waals surface area contributed by atoms with Gasteiger partial charge in [-0.1, -0.05) is 6.92 Å². The monoisotopic (exact) mass is 157 g/mol. The van der Waals surface area contributed by atoms with Crippen LogP contribution in [0.3, 0.4) is 0 Å². The minimum Gasteiger partial charge on any atom is -0.384 e. The van der Waals surface area contributed by atoms with E-state index in [2.05, 4.69) is 6.92 Å². The predicted octanol–water partition coefficient (Wildman–Crippen LogP) is 1.54. The van der Waals surface area contributed by atoms with Crippen LogP contribution in [0.25, 0.3) is 0 Å². The molecule has 0 spiro atoms. The molecule has 0 aromatic carbocycles. The Morgan fingerprint density at radius 1 is 1.45 bits per heavy atom. The zero-order valence-corrected chi connectivity index (χ0v) is 7.60. The molecule has 0 amide bonds. The molecule has 0 bridgehead atoms. The molecular weight excluding hydrogens is 138 g/mol. The fourth-order valence-electron chi connectivity index (χ4n) is 1.83. The lowest BCUT2D eigenvalue weighted by Crippen LogP contribution is -2.34. The van der Waals surface area contributed by atoms with Crippen LogP contribution in [-0.2, 0) is 4.74 Å². The van der Waals surface area contributed by atoms with E-state index in [-0.39, 0.29) is 0 Å². The summed E-state index contributed by atoms with van der Waals surface area (Å²) < 4.78 is 5.18. The predicted molar refractivity (Wildman–Crippen MR) is 46.4 cm³/mol. The number of nitrogens with two attached hydrogens (primary N) is 1. The Bertz CT molecular complexity index is 117. The van der Waals surface area contributed by atoms with Gasteiger partial charge in [0, 0.05) is 13.2 Å². The van der Waals surface area contributed by atoms with Crippen LogP contribution in [0.2, 0.25) is 0 Å². The second kappa shape index (κ2) is 3.55. The fraction of sp³-hybridized carbons (Fsp3) is 1.00. The van der Waals surface area contributed by atoms with Gasteiger partial charge in [-0.25, -0.2) is 0 Å². The first-order chi connectivity index (χ1) is 5.16. The van der Waals surface area contributed by atoms with E-state index in [1.807, 2.05) is 0 Å². The molecule has 1 rings (SSSR count). The smallest absolute Gasteiger partial charge is 0.0516 e. The maximum atomic E-state index is 5.81. The highest BCUT2D eigenvalue weighted by Gasteiger charge is 2.29. The molecule has 11 heavy (non-hydrogen) atoms. The third-order valence-electron chi connectivity index (χ3n) is 2.73. The van der Waals surface area contributed by atoms with E-state index < -0.39 is 0 Å². The van der Waals surface area contributed by atoms with E-state index in [9.17, 15) is 0 Å². The second-order valence-corrected chi connectivity index (χ2v) is 4.08. The number of hydrogen-bond donors (Lipinski definition) is 1. The van der Waals surface area contributed by atoms with Crippen molar-refractivity contribution in [2.45, 2.75) is 38.6 Å². The number of rotatable bonds is 2. The molecule has 0 saturated heterocycles. The summed E-state index contributed by atoms with van der Waals surface area (Å²) in [5.41, 5.74) is 6.22. The van der Waals surface area contributed by atoms with Crippen molar-refractivity contribution in [2.24, 2.45) is 11.1 Å². The van der Waals surface area contributed by atoms with Gasteiger partial charge >= 0.3 is 0 Å². The van der Waals surface area contributed by atoms with Crippen LogP contribution < -0.4 is 5.73 Å². The standard InChI is InChI=1S/C9H19NO/c1-9(7-11-2)5-3-8(10)4-6-9/h8H,3-7,10H2,1-2H3/t8-,9-. The van der Waals surface area contributed by atoms with Crippen LogP contribution in [-0.4, -0.2) is 19.8 Å². The Labute approximate surface area is 69.1 Å². The first-order valence-electron chi connectivity index (χ1n) is 4.41. The lowest BCUT2D eigenvalue weighted by atomic mass is 9.75. The Kier molecular flexibility index (Phi) is 2.90. The second-order valence-electron chi connectivity index (χ2n) is 4.08. The molecule has 2 nitrogen and oxygen atoms in total. The molecule has 66 valence electrons. The summed E-state index contributed by atoms with van der Waals surface area (Å²) in [6, 6.07) is 0.444. The van der Waals surface area contributed by atoms with E-state index in [4.69, 9.17) is 10.5 Å². The van der Waals surface area contributed by atoms with Crippen LogP contribution in [0.15, 0.2) is 0 Å². The number of ether oxygens (including phenoxy) is 1. The zero-order valence-electron chi connectivity index (χ0n) is 7.60. The summed E-state index contributed by atoms with van der Waals surface area (Å²) in [6.45, 7) is 3.18. The maximum absolute atomic E-state index is 5.81. The van der Waals surface area contributed by atoms with Gasteiger partial charge in [-0.3, -0.25) is 0 Å². The largest absolute Gasteiger partial charge is 0.384 e. The summed E-state index contributed by atoms with van der Waals surface area (Å²) in [6.07, 6.45) is 4.78. The van der Waals surface area contributed by atoms with E-state index in [1.54, 1.807) is 7.11 Å². The molecule has 1 aliphatic rings. The van der Waals surface area contributed by atoms with Gasteiger partial charge in [0.2, 0.25) is 0 Å². The Hall–Kier alpha value is -0.0800. The van der Waals surface area contributed by atoms with Crippen molar-refractivity contribution >= 4 is 0 Å². The SMILES string of the molecule is COC[C@]1(C)CC[C@@H](N)CC1. The first-order valence-corrected chi connectivity index (χ1v) is 4.41. The lowest BCUT2D eigenvalue weighted by molar-refractivity contribution is 0.0587. The molecule has 2 heteroatoms. The van der Waals surface area contributed by atoms with Crippen molar-refractivity contribution in [1.82, 2.24) is 0 Å². The average molecular weight is 157 g/mol. The minimum absolute atomic E-state index is 0.407. The Morgan fingerprint density at radius 3 is 2.45 bits per heavy atom. The van der Waals surface area contributed by atoms with Gasteiger partial charge in [0.05, 0.1) is 6.61 Å². The highest BCUT2D eigenvalue weighted by atomic mass is 16.5. The van der Waals surface area contributed by atoms with E-state index in [0.717, 1.165) is 6.61 Å². The van der Waals surface area contributed by atoms with Gasteiger partial charge in [0.15, 0.2) is 0 Å². The highest BCUT2D eigenvalue weighted by molar-refractivity contribution is 4.83. The zero-order chi connectivity index (χ0) is 8.32. The summed E-state index contributed by atoms with van der Waals surface area (Å²) in [4.78, 5) is 0. The van der Waals surface area contributed by atoms with Crippen molar-refractivity contribution < 1.29 is 4.74 Å². The molecule has 0 aliphatic heterocycles. The molecule has 1 aliphatic carbocycles. The molecular formula is C9H19NO. The van der Waals surface area contributed by atoms with Crippen molar-refractivity contribution in [1.29, 1.82) is 0 Å². The van der Waals surface area contributed by atoms with Crippen molar-refractivity contribution in [3.05, 3.63) is 0 Å². The fourth-order valence-corrected chi connectivity index (χ4v) is 1.83. The summed E-state index contributed by atoms with van der Waals surface area (Å²) in [5, 5.41) is 0. The van der Waals surface area contributed by atoms with Gasteiger partial charge in [0.25, 0.3) is 0 Å². The average Bonchev–Trinajstić information content (AvgIpc) is 1.97. The summed E-state index contributed by atoms with van der Waals surface area (Å²) in [5.74, 6) is 0. The Balaban J connectivity index is 2.35. The van der Waals surface area contributed by atoms with E-state index in [0.29, 0.717) is 11.5 Å². The molecule has 0 atom stereocenters. The quantitative estimate of drug-likeness (QED) is 0.660. The van der Waals surface area contributed by atoms with Gasteiger partial charge in [0.1, 0.15) is 0 Å². The topological polar surface area (TPSA) is 35.2 Å². The molecule has 0 radical (unpaired) electrons. The number of hydrogen-bond acceptors (Lipinski definition) is 2. The first kappa shape index (κ1) is 9.01. The van der Waals surface area contributed by atoms with Crippen LogP contribution in [0, 0.1) is 5.41 Å².